The normalized spacial score (nSPS) is 10.6. The van der Waals surface area contributed by atoms with E-state index in [-0.39, 0.29) is 18.1 Å². The second kappa shape index (κ2) is 9.77. The molecule has 1 N–H and O–H groups in total. The van der Waals surface area contributed by atoms with Crippen molar-refractivity contribution in [2.75, 3.05) is 7.11 Å². The van der Waals surface area contributed by atoms with Crippen LogP contribution in [0.3, 0.4) is 0 Å². The quantitative estimate of drug-likeness (QED) is 0.395. The summed E-state index contributed by atoms with van der Waals surface area (Å²) >= 11 is 0. The first kappa shape index (κ1) is 23.9. The predicted octanol–water partition coefficient (Wildman–Crippen LogP) is 5.52. The monoisotopic (exact) mass is 448 g/mol. The number of carbonyl (C=O) groups excluding carboxylic acids is 2. The van der Waals surface area contributed by atoms with Crippen LogP contribution in [0.5, 0.6) is 17.2 Å². The average molecular weight is 449 g/mol. The molecular weight excluding hydrogens is 420 g/mol. The van der Waals surface area contributed by atoms with Gasteiger partial charge in [0, 0.05) is 6.07 Å². The largest absolute Gasteiger partial charge is 0.508 e. The van der Waals surface area contributed by atoms with Crippen molar-refractivity contribution in [2.45, 2.75) is 41.2 Å². The first-order chi connectivity index (χ1) is 15.6. The fourth-order valence-electron chi connectivity index (χ4n) is 3.70. The van der Waals surface area contributed by atoms with Crippen LogP contribution in [0.2, 0.25) is 0 Å². The Morgan fingerprint density at radius 2 is 1.42 bits per heavy atom. The molecule has 0 aromatic heterocycles. The number of methoxy groups -OCH3 is 1. The van der Waals surface area contributed by atoms with Crippen molar-refractivity contribution in [3.63, 3.8) is 0 Å². The van der Waals surface area contributed by atoms with Crippen molar-refractivity contribution >= 4 is 11.9 Å². The molecule has 0 radical (unpaired) electrons. The topological polar surface area (TPSA) is 82.1 Å². The number of esters is 2. The zero-order chi connectivity index (χ0) is 24.3. The summed E-state index contributed by atoms with van der Waals surface area (Å²) < 4.78 is 16.7. The molecular formula is C27H28O6. The molecule has 0 aliphatic rings. The molecule has 0 amide bonds. The van der Waals surface area contributed by atoms with Gasteiger partial charge in [-0.15, -0.1) is 0 Å². The first-order valence-electron chi connectivity index (χ1n) is 10.6. The number of aromatic hydroxyl groups is 1. The van der Waals surface area contributed by atoms with E-state index in [2.05, 4.69) is 0 Å². The lowest BCUT2D eigenvalue weighted by molar-refractivity contribution is 0.0468. The molecule has 6 heteroatoms. The van der Waals surface area contributed by atoms with Gasteiger partial charge in [-0.2, -0.15) is 0 Å². The Morgan fingerprint density at radius 3 is 2.06 bits per heavy atom. The lowest BCUT2D eigenvalue weighted by Gasteiger charge is -2.18. The van der Waals surface area contributed by atoms with Crippen LogP contribution in [0, 0.1) is 34.6 Å². The third kappa shape index (κ3) is 4.85. The van der Waals surface area contributed by atoms with E-state index in [0.717, 1.165) is 5.56 Å². The van der Waals surface area contributed by atoms with E-state index >= 15 is 0 Å². The van der Waals surface area contributed by atoms with Gasteiger partial charge < -0.3 is 19.3 Å². The molecule has 0 aliphatic heterocycles. The summed E-state index contributed by atoms with van der Waals surface area (Å²) in [5.74, 6) is -0.381. The second-order valence-corrected chi connectivity index (χ2v) is 7.99. The van der Waals surface area contributed by atoms with Crippen LogP contribution < -0.4 is 9.47 Å². The number of ether oxygens (including phenoxy) is 3. The Hall–Kier alpha value is -3.80. The van der Waals surface area contributed by atoms with E-state index < -0.39 is 11.9 Å². The predicted molar refractivity (Wildman–Crippen MR) is 125 cm³/mol. The molecule has 0 unspecified atom stereocenters. The van der Waals surface area contributed by atoms with Crippen molar-refractivity contribution in [2.24, 2.45) is 0 Å². The van der Waals surface area contributed by atoms with E-state index in [1.54, 1.807) is 40.7 Å². The molecule has 0 saturated carbocycles. The number of hydrogen-bond acceptors (Lipinski definition) is 6. The Balaban J connectivity index is 1.91. The number of phenols is 1. The standard InChI is InChI=1S/C27H28O6/c1-15-12-21(28)16(2)18(4)24(15)27(30)33-22-13-23(31-6)25(19(5)17(22)3)26(29)32-14-20-10-8-7-9-11-20/h7-13,28H,14H2,1-6H3. The first-order valence-corrected chi connectivity index (χ1v) is 10.6. The molecule has 6 nitrogen and oxygen atoms in total. The summed E-state index contributed by atoms with van der Waals surface area (Å²) in [5.41, 5.74) is 4.68. The maximum Gasteiger partial charge on any atom is 0.344 e. The smallest absolute Gasteiger partial charge is 0.344 e. The van der Waals surface area contributed by atoms with Gasteiger partial charge in [0.2, 0.25) is 0 Å². The summed E-state index contributed by atoms with van der Waals surface area (Å²) in [4.78, 5) is 25.9. The molecule has 3 aromatic carbocycles. The van der Waals surface area contributed by atoms with Gasteiger partial charge in [-0.1, -0.05) is 30.3 Å². The summed E-state index contributed by atoms with van der Waals surface area (Å²) in [5, 5.41) is 10.0. The summed E-state index contributed by atoms with van der Waals surface area (Å²) in [6.45, 7) is 8.92. The molecule has 33 heavy (non-hydrogen) atoms. The lowest BCUT2D eigenvalue weighted by atomic mass is 9.97. The fraction of sp³-hybridized carbons (Fsp3) is 0.259. The molecule has 172 valence electrons. The van der Waals surface area contributed by atoms with Crippen molar-refractivity contribution in [1.82, 2.24) is 0 Å². The minimum atomic E-state index is -0.544. The summed E-state index contributed by atoms with van der Waals surface area (Å²) in [6, 6.07) is 12.5. The van der Waals surface area contributed by atoms with E-state index in [9.17, 15) is 14.7 Å². The van der Waals surface area contributed by atoms with E-state index in [1.165, 1.54) is 13.2 Å². The number of phenolic OH excluding ortho intramolecular Hbond substituents is 1. The molecule has 0 heterocycles. The van der Waals surface area contributed by atoms with Crippen LogP contribution in [0.4, 0.5) is 0 Å². The van der Waals surface area contributed by atoms with Gasteiger partial charge in [-0.05, 0) is 74.1 Å². The molecule has 0 aliphatic carbocycles. The maximum atomic E-state index is 13.0. The van der Waals surface area contributed by atoms with Crippen LogP contribution >= 0.6 is 0 Å². The average Bonchev–Trinajstić information content (AvgIpc) is 2.79. The van der Waals surface area contributed by atoms with E-state index in [1.807, 2.05) is 30.3 Å². The van der Waals surface area contributed by atoms with Crippen molar-refractivity contribution < 1.29 is 28.9 Å². The number of aryl methyl sites for hydroxylation is 1. The Morgan fingerprint density at radius 1 is 0.788 bits per heavy atom. The molecule has 0 atom stereocenters. The molecule has 3 aromatic rings. The van der Waals surface area contributed by atoms with Crippen LogP contribution in [0.1, 0.15) is 54.1 Å². The zero-order valence-electron chi connectivity index (χ0n) is 19.7. The molecule has 3 rings (SSSR count). The highest BCUT2D eigenvalue weighted by Crippen LogP contribution is 2.35. The van der Waals surface area contributed by atoms with Gasteiger partial charge in [0.25, 0.3) is 0 Å². The molecule has 0 fully saturated rings. The summed E-state index contributed by atoms with van der Waals surface area (Å²) in [7, 11) is 1.45. The van der Waals surface area contributed by atoms with Crippen molar-refractivity contribution in [3.8, 4) is 17.2 Å². The second-order valence-electron chi connectivity index (χ2n) is 7.99. The van der Waals surface area contributed by atoms with Crippen LogP contribution in [0.15, 0.2) is 42.5 Å². The van der Waals surface area contributed by atoms with E-state index in [0.29, 0.717) is 44.7 Å². The Labute approximate surface area is 193 Å². The third-order valence-corrected chi connectivity index (χ3v) is 5.93. The SMILES string of the molecule is COc1cc(OC(=O)c2c(C)cc(O)c(C)c2C)c(C)c(C)c1C(=O)OCc1ccccc1. The minimum absolute atomic E-state index is 0.133. The Bertz CT molecular complexity index is 1210. The van der Waals surface area contributed by atoms with Crippen LogP contribution in [-0.2, 0) is 11.3 Å². The highest BCUT2D eigenvalue weighted by molar-refractivity contribution is 5.97. The van der Waals surface area contributed by atoms with Crippen molar-refractivity contribution in [1.29, 1.82) is 0 Å². The third-order valence-electron chi connectivity index (χ3n) is 5.93. The van der Waals surface area contributed by atoms with Crippen LogP contribution in [0.25, 0.3) is 0 Å². The zero-order valence-corrected chi connectivity index (χ0v) is 19.7. The Kier molecular flexibility index (Phi) is 7.07. The highest BCUT2D eigenvalue weighted by Gasteiger charge is 2.24. The van der Waals surface area contributed by atoms with Gasteiger partial charge in [-0.25, -0.2) is 9.59 Å². The van der Waals surface area contributed by atoms with Gasteiger partial charge in [0.15, 0.2) is 0 Å². The molecule has 0 spiro atoms. The fourth-order valence-corrected chi connectivity index (χ4v) is 3.70. The number of hydrogen-bond donors (Lipinski definition) is 1. The number of carbonyl (C=O) groups is 2. The lowest BCUT2D eigenvalue weighted by Crippen LogP contribution is -2.15. The van der Waals surface area contributed by atoms with Gasteiger partial charge in [0.05, 0.1) is 12.7 Å². The molecule has 0 saturated heterocycles. The molecule has 0 bridgehead atoms. The van der Waals surface area contributed by atoms with Gasteiger partial charge in [-0.3, -0.25) is 0 Å². The van der Waals surface area contributed by atoms with Gasteiger partial charge >= 0.3 is 11.9 Å². The maximum absolute atomic E-state index is 13.0. The number of benzene rings is 3. The van der Waals surface area contributed by atoms with Crippen LogP contribution in [-0.4, -0.2) is 24.2 Å². The highest BCUT2D eigenvalue weighted by atomic mass is 16.5. The number of rotatable bonds is 6. The minimum Gasteiger partial charge on any atom is -0.508 e. The van der Waals surface area contributed by atoms with E-state index in [4.69, 9.17) is 14.2 Å². The summed E-state index contributed by atoms with van der Waals surface area (Å²) in [6.07, 6.45) is 0. The van der Waals surface area contributed by atoms with Gasteiger partial charge in [0.1, 0.15) is 29.4 Å². The van der Waals surface area contributed by atoms with Crippen molar-refractivity contribution in [3.05, 3.63) is 87.0 Å².